The van der Waals surface area contributed by atoms with E-state index in [-0.39, 0.29) is 12.5 Å². The Morgan fingerprint density at radius 3 is 2.40 bits per heavy atom. The van der Waals surface area contributed by atoms with E-state index >= 15 is 0 Å². The minimum Gasteiger partial charge on any atom is -0.476 e. The Morgan fingerprint density at radius 2 is 1.73 bits per heavy atom. The van der Waals surface area contributed by atoms with Gasteiger partial charge in [0.2, 0.25) is 10.0 Å². The molecule has 7 nitrogen and oxygen atoms in total. The lowest BCUT2D eigenvalue weighted by Crippen LogP contribution is -2.56. The van der Waals surface area contributed by atoms with Crippen molar-refractivity contribution in [3.05, 3.63) is 52.5 Å². The average molecular weight is 470 g/mol. The van der Waals surface area contributed by atoms with E-state index in [1.807, 2.05) is 24.3 Å². The van der Waals surface area contributed by atoms with Crippen molar-refractivity contribution in [2.45, 2.75) is 6.10 Å². The fraction of sp³-hybridized carbons (Fsp3) is 0.350. The van der Waals surface area contributed by atoms with Gasteiger partial charge >= 0.3 is 0 Å². The van der Waals surface area contributed by atoms with Crippen molar-refractivity contribution >= 4 is 50.5 Å². The van der Waals surface area contributed by atoms with Gasteiger partial charge in [-0.25, -0.2) is 8.42 Å². The van der Waals surface area contributed by atoms with Crippen LogP contribution in [-0.4, -0.2) is 64.3 Å². The van der Waals surface area contributed by atoms with Gasteiger partial charge < -0.3 is 14.5 Å². The standard InChI is InChI=1S/C20H21Cl2N3O4S/c1-30(27,28)25-13-19(29-18-6-5-15(22)12-17(18)25)20(26)24-9-7-23(8-10-24)16-4-2-3-14(21)11-16/h2-6,11-12,19H,7-10,13H2,1H3/t19-/m1/s1. The Kier molecular flexibility index (Phi) is 5.74. The van der Waals surface area contributed by atoms with Gasteiger partial charge in [0, 0.05) is 41.9 Å². The van der Waals surface area contributed by atoms with Crippen LogP contribution in [0.4, 0.5) is 11.4 Å². The minimum absolute atomic E-state index is 0.0838. The number of rotatable bonds is 3. The summed E-state index contributed by atoms with van der Waals surface area (Å²) in [6.45, 7) is 2.25. The highest BCUT2D eigenvalue weighted by Crippen LogP contribution is 2.37. The second-order valence-corrected chi connectivity index (χ2v) is 10.1. The van der Waals surface area contributed by atoms with Gasteiger partial charge in [-0.05, 0) is 36.4 Å². The molecule has 0 bridgehead atoms. The van der Waals surface area contributed by atoms with E-state index in [0.717, 1.165) is 11.9 Å². The highest BCUT2D eigenvalue weighted by molar-refractivity contribution is 7.92. The summed E-state index contributed by atoms with van der Waals surface area (Å²) < 4.78 is 31.7. The second kappa shape index (κ2) is 8.17. The zero-order valence-corrected chi connectivity index (χ0v) is 18.6. The van der Waals surface area contributed by atoms with E-state index < -0.39 is 16.1 Å². The molecule has 0 N–H and O–H groups in total. The predicted molar refractivity (Wildman–Crippen MR) is 118 cm³/mol. The van der Waals surface area contributed by atoms with E-state index in [9.17, 15) is 13.2 Å². The number of hydrogen-bond donors (Lipinski definition) is 0. The molecule has 2 aliphatic heterocycles. The van der Waals surface area contributed by atoms with Crippen LogP contribution in [0.25, 0.3) is 0 Å². The molecule has 0 radical (unpaired) electrons. The maximum absolute atomic E-state index is 13.1. The van der Waals surface area contributed by atoms with Gasteiger partial charge in [-0.2, -0.15) is 0 Å². The van der Waals surface area contributed by atoms with E-state index in [1.54, 1.807) is 17.0 Å². The van der Waals surface area contributed by atoms with Crippen LogP contribution in [0.1, 0.15) is 0 Å². The van der Waals surface area contributed by atoms with E-state index in [0.29, 0.717) is 47.7 Å². The third kappa shape index (κ3) is 4.31. The van der Waals surface area contributed by atoms with Gasteiger partial charge in [-0.1, -0.05) is 29.3 Å². The fourth-order valence-electron chi connectivity index (χ4n) is 3.73. The summed E-state index contributed by atoms with van der Waals surface area (Å²) in [6, 6.07) is 12.3. The molecule has 4 rings (SSSR count). The lowest BCUT2D eigenvalue weighted by Gasteiger charge is -2.40. The number of amides is 1. The molecule has 10 heteroatoms. The lowest BCUT2D eigenvalue weighted by molar-refractivity contribution is -0.138. The van der Waals surface area contributed by atoms with E-state index in [1.165, 1.54) is 10.4 Å². The summed E-state index contributed by atoms with van der Waals surface area (Å²) in [5.41, 5.74) is 1.36. The molecule has 2 aliphatic rings. The molecule has 160 valence electrons. The first-order valence-corrected chi connectivity index (χ1v) is 12.1. The van der Waals surface area contributed by atoms with Crippen LogP contribution in [0.15, 0.2) is 42.5 Å². The monoisotopic (exact) mass is 469 g/mol. The molecule has 2 aromatic rings. The highest BCUT2D eigenvalue weighted by Gasteiger charge is 2.38. The van der Waals surface area contributed by atoms with Crippen molar-refractivity contribution in [1.82, 2.24) is 4.90 Å². The molecular formula is C20H21Cl2N3O4S. The van der Waals surface area contributed by atoms with Crippen molar-refractivity contribution < 1.29 is 17.9 Å². The Balaban J connectivity index is 1.48. The number of carbonyl (C=O) groups excluding carboxylic acids is 1. The summed E-state index contributed by atoms with van der Waals surface area (Å²) in [6.07, 6.45) is 0.194. The number of sulfonamides is 1. The Morgan fingerprint density at radius 1 is 1.03 bits per heavy atom. The van der Waals surface area contributed by atoms with Crippen molar-refractivity contribution in [2.75, 3.05) is 48.2 Å². The lowest BCUT2D eigenvalue weighted by atomic mass is 10.2. The van der Waals surface area contributed by atoms with E-state index in [2.05, 4.69) is 4.90 Å². The Hall–Kier alpha value is -2.16. The molecule has 0 unspecified atom stereocenters. The second-order valence-electron chi connectivity index (χ2n) is 7.30. The molecular weight excluding hydrogens is 449 g/mol. The van der Waals surface area contributed by atoms with Gasteiger partial charge in [0.15, 0.2) is 6.10 Å². The van der Waals surface area contributed by atoms with Crippen LogP contribution in [-0.2, 0) is 14.8 Å². The smallest absolute Gasteiger partial charge is 0.265 e. The summed E-state index contributed by atoms with van der Waals surface area (Å²) >= 11 is 12.1. The molecule has 0 spiro atoms. The first kappa shape index (κ1) is 21.1. The first-order valence-electron chi connectivity index (χ1n) is 9.45. The maximum atomic E-state index is 13.1. The zero-order valence-electron chi connectivity index (χ0n) is 16.3. The van der Waals surface area contributed by atoms with Crippen LogP contribution in [0.5, 0.6) is 5.75 Å². The number of carbonyl (C=O) groups is 1. The minimum atomic E-state index is -3.60. The van der Waals surface area contributed by atoms with Crippen LogP contribution < -0.4 is 13.9 Å². The molecule has 1 fully saturated rings. The molecule has 2 heterocycles. The van der Waals surface area contributed by atoms with Crippen LogP contribution in [0.3, 0.4) is 0 Å². The van der Waals surface area contributed by atoms with Crippen molar-refractivity contribution in [3.63, 3.8) is 0 Å². The molecule has 1 saturated heterocycles. The summed E-state index contributed by atoms with van der Waals surface area (Å²) in [5.74, 6) is 0.0991. The van der Waals surface area contributed by atoms with Gasteiger partial charge in [-0.15, -0.1) is 0 Å². The van der Waals surface area contributed by atoms with Crippen LogP contribution in [0, 0.1) is 0 Å². The normalized spacial score (nSPS) is 19.3. The Bertz CT molecular complexity index is 1070. The molecule has 0 aromatic heterocycles. The molecule has 1 atom stereocenters. The van der Waals surface area contributed by atoms with E-state index in [4.69, 9.17) is 27.9 Å². The Labute approximate surface area is 185 Å². The number of anilines is 2. The van der Waals surface area contributed by atoms with Crippen molar-refractivity contribution in [1.29, 1.82) is 0 Å². The largest absolute Gasteiger partial charge is 0.476 e. The van der Waals surface area contributed by atoms with Crippen LogP contribution >= 0.6 is 23.2 Å². The number of nitrogens with zero attached hydrogens (tertiary/aromatic N) is 3. The fourth-order valence-corrected chi connectivity index (χ4v) is 4.99. The molecule has 2 aromatic carbocycles. The summed E-state index contributed by atoms with van der Waals surface area (Å²) in [7, 11) is -3.60. The SMILES string of the molecule is CS(=O)(=O)N1C[C@H](C(=O)N2CCN(c3cccc(Cl)c3)CC2)Oc2ccc(Cl)cc21. The van der Waals surface area contributed by atoms with Crippen LogP contribution in [0.2, 0.25) is 10.0 Å². The molecule has 1 amide bonds. The van der Waals surface area contributed by atoms with Crippen molar-refractivity contribution in [2.24, 2.45) is 0 Å². The number of halogens is 2. The van der Waals surface area contributed by atoms with Gasteiger partial charge in [0.05, 0.1) is 18.5 Å². The van der Waals surface area contributed by atoms with Gasteiger partial charge in [-0.3, -0.25) is 9.10 Å². The number of piperazine rings is 1. The predicted octanol–water partition coefficient (Wildman–Crippen LogP) is 2.87. The quantitative estimate of drug-likeness (QED) is 0.690. The number of fused-ring (bicyclic) bond motifs is 1. The highest BCUT2D eigenvalue weighted by atomic mass is 35.5. The third-order valence-corrected chi connectivity index (χ3v) is 6.85. The summed E-state index contributed by atoms with van der Waals surface area (Å²) in [4.78, 5) is 17.0. The number of ether oxygens (including phenoxy) is 1. The number of benzene rings is 2. The first-order chi connectivity index (χ1) is 14.2. The average Bonchev–Trinajstić information content (AvgIpc) is 2.72. The topological polar surface area (TPSA) is 70.2 Å². The molecule has 0 aliphatic carbocycles. The molecule has 30 heavy (non-hydrogen) atoms. The number of hydrogen-bond acceptors (Lipinski definition) is 5. The van der Waals surface area contributed by atoms with Gasteiger partial charge in [0.1, 0.15) is 5.75 Å². The van der Waals surface area contributed by atoms with Crippen molar-refractivity contribution in [3.8, 4) is 5.75 Å². The third-order valence-electron chi connectivity index (χ3n) is 5.23. The molecule has 0 saturated carbocycles. The maximum Gasteiger partial charge on any atom is 0.265 e. The zero-order chi connectivity index (χ0) is 21.5. The summed E-state index contributed by atoms with van der Waals surface area (Å²) in [5, 5.41) is 1.06. The van der Waals surface area contributed by atoms with Gasteiger partial charge in [0.25, 0.3) is 5.91 Å².